The summed E-state index contributed by atoms with van der Waals surface area (Å²) in [6.45, 7) is 4.43. The van der Waals surface area contributed by atoms with Crippen molar-refractivity contribution in [1.82, 2.24) is 10.2 Å². The molecule has 19 heavy (non-hydrogen) atoms. The molecular formula is C14H26N2O3. The lowest BCUT2D eigenvalue weighted by Crippen LogP contribution is -2.40. The smallest absolute Gasteiger partial charge is 0.234 e. The summed E-state index contributed by atoms with van der Waals surface area (Å²) in [6, 6.07) is 0. The number of ether oxygens (including phenoxy) is 2. The molecule has 0 bridgehead atoms. The maximum Gasteiger partial charge on any atom is 0.234 e. The highest BCUT2D eigenvalue weighted by atomic mass is 16.7. The van der Waals surface area contributed by atoms with Gasteiger partial charge in [-0.3, -0.25) is 9.69 Å². The van der Waals surface area contributed by atoms with Gasteiger partial charge in [-0.25, -0.2) is 0 Å². The predicted molar refractivity (Wildman–Crippen MR) is 72.8 cm³/mol. The van der Waals surface area contributed by atoms with E-state index in [4.69, 9.17) is 9.47 Å². The third-order valence-corrected chi connectivity index (χ3v) is 3.83. The van der Waals surface area contributed by atoms with Gasteiger partial charge in [0.05, 0.1) is 19.3 Å². The summed E-state index contributed by atoms with van der Waals surface area (Å²) < 4.78 is 12.0. The maximum absolute atomic E-state index is 11.5. The number of amides is 1. The topological polar surface area (TPSA) is 50.8 Å². The molecule has 0 aromatic rings. The van der Waals surface area contributed by atoms with Gasteiger partial charge in [-0.05, 0) is 26.8 Å². The molecule has 1 aliphatic carbocycles. The summed E-state index contributed by atoms with van der Waals surface area (Å²) in [5.74, 6) is -0.244. The Hall–Kier alpha value is -0.650. The molecular weight excluding hydrogens is 244 g/mol. The Morgan fingerprint density at radius 1 is 1.37 bits per heavy atom. The van der Waals surface area contributed by atoms with E-state index in [0.717, 1.165) is 19.4 Å². The molecule has 1 heterocycles. The van der Waals surface area contributed by atoms with Crippen molar-refractivity contribution >= 4 is 5.91 Å². The zero-order valence-electron chi connectivity index (χ0n) is 12.1. The summed E-state index contributed by atoms with van der Waals surface area (Å²) in [6.07, 6.45) is 5.81. The van der Waals surface area contributed by atoms with Crippen LogP contribution in [0.2, 0.25) is 0 Å². The summed E-state index contributed by atoms with van der Waals surface area (Å²) in [4.78, 5) is 13.5. The van der Waals surface area contributed by atoms with Crippen molar-refractivity contribution in [1.29, 1.82) is 0 Å². The highest BCUT2D eigenvalue weighted by Gasteiger charge is 2.42. The van der Waals surface area contributed by atoms with E-state index in [1.165, 1.54) is 19.3 Å². The van der Waals surface area contributed by atoms with Crippen molar-refractivity contribution in [2.24, 2.45) is 0 Å². The molecule has 1 saturated heterocycles. The second-order valence-electron chi connectivity index (χ2n) is 5.67. The molecule has 1 saturated carbocycles. The van der Waals surface area contributed by atoms with Crippen LogP contribution in [-0.4, -0.2) is 56.0 Å². The second-order valence-corrected chi connectivity index (χ2v) is 5.67. The van der Waals surface area contributed by atoms with Crippen LogP contribution in [0.25, 0.3) is 0 Å². The highest BCUT2D eigenvalue weighted by molar-refractivity contribution is 5.77. The van der Waals surface area contributed by atoms with Gasteiger partial charge in [0.25, 0.3) is 0 Å². The summed E-state index contributed by atoms with van der Waals surface area (Å²) in [5.41, 5.74) is 0. The molecule has 1 atom stereocenters. The summed E-state index contributed by atoms with van der Waals surface area (Å²) in [5, 5.41) is 2.81. The third-order valence-electron chi connectivity index (χ3n) is 3.83. The van der Waals surface area contributed by atoms with Crippen LogP contribution in [-0.2, 0) is 14.3 Å². The van der Waals surface area contributed by atoms with E-state index in [1.54, 1.807) is 0 Å². The van der Waals surface area contributed by atoms with E-state index in [9.17, 15) is 4.79 Å². The molecule has 5 heteroatoms. The first-order valence-corrected chi connectivity index (χ1v) is 7.40. The minimum Gasteiger partial charge on any atom is -0.355 e. The molecule has 1 aliphatic heterocycles. The summed E-state index contributed by atoms with van der Waals surface area (Å²) in [7, 11) is 1.95. The van der Waals surface area contributed by atoms with Crippen molar-refractivity contribution in [3.8, 4) is 0 Å². The van der Waals surface area contributed by atoms with Gasteiger partial charge < -0.3 is 14.8 Å². The van der Waals surface area contributed by atoms with Gasteiger partial charge in [0.15, 0.2) is 5.79 Å². The van der Waals surface area contributed by atoms with Crippen LogP contribution in [0.15, 0.2) is 0 Å². The lowest BCUT2D eigenvalue weighted by atomic mass is 9.94. The number of hydrogen-bond acceptors (Lipinski definition) is 4. The first-order chi connectivity index (χ1) is 9.13. The van der Waals surface area contributed by atoms with Crippen LogP contribution >= 0.6 is 0 Å². The van der Waals surface area contributed by atoms with Gasteiger partial charge in [-0.2, -0.15) is 0 Å². The molecule has 0 aromatic heterocycles. The van der Waals surface area contributed by atoms with E-state index >= 15 is 0 Å². The largest absolute Gasteiger partial charge is 0.355 e. The first kappa shape index (κ1) is 14.8. The van der Waals surface area contributed by atoms with Gasteiger partial charge in [0.2, 0.25) is 5.91 Å². The Labute approximate surface area is 115 Å². The summed E-state index contributed by atoms with van der Waals surface area (Å²) >= 11 is 0. The SMILES string of the molecule is CCNC(=O)CN(C)CC1COC2(CCCCC2)O1. The minimum atomic E-state index is -0.310. The number of nitrogens with one attached hydrogen (secondary N) is 1. The lowest BCUT2D eigenvalue weighted by Gasteiger charge is -2.32. The highest BCUT2D eigenvalue weighted by Crippen LogP contribution is 2.37. The average molecular weight is 270 g/mol. The van der Waals surface area contributed by atoms with Crippen molar-refractivity contribution in [2.75, 3.05) is 33.3 Å². The van der Waals surface area contributed by atoms with Crippen molar-refractivity contribution < 1.29 is 14.3 Å². The van der Waals surface area contributed by atoms with E-state index in [0.29, 0.717) is 19.7 Å². The fraction of sp³-hybridized carbons (Fsp3) is 0.929. The Kier molecular flexibility index (Phi) is 5.19. The van der Waals surface area contributed by atoms with Crippen LogP contribution in [0.4, 0.5) is 0 Å². The lowest BCUT2D eigenvalue weighted by molar-refractivity contribution is -0.188. The van der Waals surface area contributed by atoms with Crippen LogP contribution in [0.3, 0.4) is 0 Å². The molecule has 1 spiro atoms. The zero-order valence-corrected chi connectivity index (χ0v) is 12.1. The molecule has 0 radical (unpaired) electrons. The number of hydrogen-bond donors (Lipinski definition) is 1. The fourth-order valence-corrected chi connectivity index (χ4v) is 2.97. The predicted octanol–water partition coefficient (Wildman–Crippen LogP) is 1.13. The molecule has 2 aliphatic rings. The van der Waals surface area contributed by atoms with Crippen molar-refractivity contribution in [3.05, 3.63) is 0 Å². The van der Waals surface area contributed by atoms with Gasteiger partial charge in [-0.1, -0.05) is 6.42 Å². The van der Waals surface area contributed by atoms with Crippen molar-refractivity contribution in [2.45, 2.75) is 50.9 Å². The molecule has 110 valence electrons. The van der Waals surface area contributed by atoms with E-state index in [1.807, 2.05) is 18.9 Å². The standard InChI is InChI=1S/C14H26N2O3/c1-3-15-13(17)10-16(2)9-12-11-18-14(19-12)7-5-4-6-8-14/h12H,3-11H2,1-2H3,(H,15,17). The number of nitrogens with zero attached hydrogens (tertiary/aromatic N) is 1. The number of likely N-dealkylation sites (N-methyl/N-ethyl adjacent to an activating group) is 2. The van der Waals surface area contributed by atoms with E-state index in [-0.39, 0.29) is 17.8 Å². The van der Waals surface area contributed by atoms with Crippen LogP contribution in [0.1, 0.15) is 39.0 Å². The Balaban J connectivity index is 1.73. The van der Waals surface area contributed by atoms with Gasteiger partial charge in [0.1, 0.15) is 0 Å². The van der Waals surface area contributed by atoms with Gasteiger partial charge >= 0.3 is 0 Å². The minimum absolute atomic E-state index is 0.0660. The zero-order chi connectivity index (χ0) is 13.7. The normalized spacial score (nSPS) is 25.9. The van der Waals surface area contributed by atoms with Crippen LogP contribution in [0.5, 0.6) is 0 Å². The molecule has 2 fully saturated rings. The quantitative estimate of drug-likeness (QED) is 0.813. The van der Waals surface area contributed by atoms with E-state index in [2.05, 4.69) is 5.32 Å². The molecule has 1 N–H and O–H groups in total. The van der Waals surface area contributed by atoms with Crippen molar-refractivity contribution in [3.63, 3.8) is 0 Å². The molecule has 5 nitrogen and oxygen atoms in total. The van der Waals surface area contributed by atoms with E-state index < -0.39 is 0 Å². The molecule has 1 unspecified atom stereocenters. The Bertz CT molecular complexity index is 303. The van der Waals surface area contributed by atoms with Crippen LogP contribution < -0.4 is 5.32 Å². The molecule has 2 rings (SSSR count). The fourth-order valence-electron chi connectivity index (χ4n) is 2.97. The van der Waals surface area contributed by atoms with Gasteiger partial charge in [0, 0.05) is 25.9 Å². The maximum atomic E-state index is 11.5. The number of rotatable bonds is 5. The number of carbonyl (C=O) groups is 1. The third kappa shape index (κ3) is 4.16. The molecule has 1 amide bonds. The van der Waals surface area contributed by atoms with Crippen LogP contribution in [0, 0.1) is 0 Å². The Morgan fingerprint density at radius 3 is 2.79 bits per heavy atom. The number of carbonyl (C=O) groups excluding carboxylic acids is 1. The first-order valence-electron chi connectivity index (χ1n) is 7.40. The molecule has 0 aromatic carbocycles. The second kappa shape index (κ2) is 6.68. The average Bonchev–Trinajstić information content (AvgIpc) is 2.73. The van der Waals surface area contributed by atoms with Gasteiger partial charge in [-0.15, -0.1) is 0 Å². The monoisotopic (exact) mass is 270 g/mol. The Morgan fingerprint density at radius 2 is 2.11 bits per heavy atom.